The molecule has 1 aromatic carbocycles. The highest BCUT2D eigenvalue weighted by Gasteiger charge is 2.16. The summed E-state index contributed by atoms with van der Waals surface area (Å²) >= 11 is 0. The van der Waals surface area contributed by atoms with Gasteiger partial charge in [0.1, 0.15) is 5.75 Å². The van der Waals surface area contributed by atoms with Crippen LogP contribution < -0.4 is 10.1 Å². The summed E-state index contributed by atoms with van der Waals surface area (Å²) in [5.74, 6) is 0.910. The van der Waals surface area contributed by atoms with Gasteiger partial charge in [-0.15, -0.1) is 0 Å². The molecule has 1 atom stereocenters. The minimum atomic E-state index is -0.132. The third-order valence-electron chi connectivity index (χ3n) is 3.77. The van der Waals surface area contributed by atoms with Gasteiger partial charge in [-0.2, -0.15) is 0 Å². The van der Waals surface area contributed by atoms with Crippen molar-refractivity contribution in [2.75, 3.05) is 41.0 Å². The van der Waals surface area contributed by atoms with Gasteiger partial charge in [0.05, 0.1) is 13.2 Å². The standard InChI is InChI=1S/C17H28N2O3/c1-14(19(2)12-5-13-21-3)17(20)18-11-10-15-6-8-16(22-4)9-7-15/h6-9,14H,5,10-13H2,1-4H3,(H,18,20). The van der Waals surface area contributed by atoms with E-state index in [-0.39, 0.29) is 11.9 Å². The highest BCUT2D eigenvalue weighted by Crippen LogP contribution is 2.11. The maximum absolute atomic E-state index is 12.1. The average molecular weight is 308 g/mol. The maximum Gasteiger partial charge on any atom is 0.237 e. The van der Waals surface area contributed by atoms with Gasteiger partial charge in [0.25, 0.3) is 0 Å². The Bertz CT molecular complexity index is 434. The Morgan fingerprint density at radius 2 is 1.95 bits per heavy atom. The highest BCUT2D eigenvalue weighted by atomic mass is 16.5. The molecule has 1 unspecified atom stereocenters. The summed E-state index contributed by atoms with van der Waals surface area (Å²) in [6.07, 6.45) is 1.74. The fourth-order valence-corrected chi connectivity index (χ4v) is 2.12. The first-order chi connectivity index (χ1) is 10.6. The first-order valence-electron chi connectivity index (χ1n) is 7.68. The van der Waals surface area contributed by atoms with E-state index in [1.54, 1.807) is 14.2 Å². The van der Waals surface area contributed by atoms with Crippen molar-refractivity contribution >= 4 is 5.91 Å². The molecule has 0 heterocycles. The van der Waals surface area contributed by atoms with E-state index in [4.69, 9.17) is 9.47 Å². The summed E-state index contributed by atoms with van der Waals surface area (Å²) in [6, 6.07) is 7.77. The topological polar surface area (TPSA) is 50.8 Å². The lowest BCUT2D eigenvalue weighted by atomic mass is 10.1. The van der Waals surface area contributed by atoms with Crippen molar-refractivity contribution < 1.29 is 14.3 Å². The largest absolute Gasteiger partial charge is 0.497 e. The second-order valence-electron chi connectivity index (χ2n) is 5.39. The van der Waals surface area contributed by atoms with Crippen LogP contribution >= 0.6 is 0 Å². The minimum absolute atomic E-state index is 0.0634. The van der Waals surface area contributed by atoms with E-state index < -0.39 is 0 Å². The number of hydrogen-bond acceptors (Lipinski definition) is 4. The van der Waals surface area contributed by atoms with Gasteiger partial charge in [-0.25, -0.2) is 0 Å². The Balaban J connectivity index is 2.28. The molecule has 0 saturated carbocycles. The quantitative estimate of drug-likeness (QED) is 0.669. The summed E-state index contributed by atoms with van der Waals surface area (Å²) in [4.78, 5) is 14.1. The van der Waals surface area contributed by atoms with Crippen LogP contribution in [0.15, 0.2) is 24.3 Å². The number of carbonyl (C=O) groups excluding carboxylic acids is 1. The molecule has 1 aromatic rings. The molecule has 124 valence electrons. The molecule has 0 aliphatic heterocycles. The third-order valence-corrected chi connectivity index (χ3v) is 3.77. The molecule has 0 bridgehead atoms. The first-order valence-corrected chi connectivity index (χ1v) is 7.68. The number of amides is 1. The van der Waals surface area contributed by atoms with Crippen molar-refractivity contribution in [1.29, 1.82) is 0 Å². The monoisotopic (exact) mass is 308 g/mol. The number of methoxy groups -OCH3 is 2. The molecule has 0 aliphatic carbocycles. The molecule has 5 heteroatoms. The van der Waals surface area contributed by atoms with Crippen LogP contribution in [0, 0.1) is 0 Å². The van der Waals surface area contributed by atoms with E-state index in [1.165, 1.54) is 5.56 Å². The van der Waals surface area contributed by atoms with Crippen LogP contribution in [0.5, 0.6) is 5.75 Å². The van der Waals surface area contributed by atoms with Crippen LogP contribution in [-0.4, -0.2) is 57.8 Å². The van der Waals surface area contributed by atoms with Crippen LogP contribution in [0.25, 0.3) is 0 Å². The number of nitrogens with zero attached hydrogens (tertiary/aromatic N) is 1. The van der Waals surface area contributed by atoms with E-state index in [9.17, 15) is 4.79 Å². The third kappa shape index (κ3) is 6.45. The van der Waals surface area contributed by atoms with Crippen molar-refractivity contribution in [3.63, 3.8) is 0 Å². The van der Waals surface area contributed by atoms with Gasteiger partial charge in [0, 0.05) is 26.8 Å². The molecule has 0 fully saturated rings. The Hall–Kier alpha value is -1.59. The van der Waals surface area contributed by atoms with Crippen molar-refractivity contribution in [3.8, 4) is 5.75 Å². The van der Waals surface area contributed by atoms with Crippen LogP contribution in [0.4, 0.5) is 0 Å². The van der Waals surface area contributed by atoms with Crippen molar-refractivity contribution in [2.45, 2.75) is 25.8 Å². The normalized spacial score (nSPS) is 12.2. The molecule has 0 aromatic heterocycles. The van der Waals surface area contributed by atoms with Gasteiger partial charge in [-0.05, 0) is 44.5 Å². The number of hydrogen-bond donors (Lipinski definition) is 1. The van der Waals surface area contributed by atoms with E-state index >= 15 is 0 Å². The molecular formula is C17H28N2O3. The fraction of sp³-hybridized carbons (Fsp3) is 0.588. The number of benzene rings is 1. The van der Waals surface area contributed by atoms with Crippen LogP contribution in [0.2, 0.25) is 0 Å². The van der Waals surface area contributed by atoms with Gasteiger partial charge in [0.15, 0.2) is 0 Å². The highest BCUT2D eigenvalue weighted by molar-refractivity contribution is 5.81. The lowest BCUT2D eigenvalue weighted by Crippen LogP contribution is -2.44. The summed E-state index contributed by atoms with van der Waals surface area (Å²) in [5, 5.41) is 2.99. The smallest absolute Gasteiger partial charge is 0.237 e. The zero-order chi connectivity index (χ0) is 16.4. The van der Waals surface area contributed by atoms with Gasteiger partial charge in [-0.1, -0.05) is 12.1 Å². The van der Waals surface area contributed by atoms with Gasteiger partial charge in [0.2, 0.25) is 5.91 Å². The Kier molecular flexibility index (Phi) is 8.55. The molecule has 1 rings (SSSR count). The summed E-state index contributed by atoms with van der Waals surface area (Å²) < 4.78 is 10.2. The van der Waals surface area contributed by atoms with E-state index in [1.807, 2.05) is 43.1 Å². The molecule has 0 saturated heterocycles. The van der Waals surface area contributed by atoms with Gasteiger partial charge < -0.3 is 14.8 Å². The molecule has 0 radical (unpaired) electrons. The summed E-state index contributed by atoms with van der Waals surface area (Å²) in [5.41, 5.74) is 1.18. The van der Waals surface area contributed by atoms with Crippen molar-refractivity contribution in [2.24, 2.45) is 0 Å². The Morgan fingerprint density at radius 1 is 1.27 bits per heavy atom. The SMILES string of the molecule is COCCCN(C)C(C)C(=O)NCCc1ccc(OC)cc1. The summed E-state index contributed by atoms with van der Waals surface area (Å²) in [7, 11) is 5.30. The van der Waals surface area contributed by atoms with E-state index in [0.717, 1.165) is 31.7 Å². The second kappa shape index (κ2) is 10.2. The second-order valence-corrected chi connectivity index (χ2v) is 5.39. The van der Waals surface area contributed by atoms with Crippen LogP contribution in [-0.2, 0) is 16.0 Å². The number of likely N-dealkylation sites (N-methyl/N-ethyl adjacent to an activating group) is 1. The predicted molar refractivity (Wildman–Crippen MR) is 88.3 cm³/mol. The Morgan fingerprint density at radius 3 is 2.55 bits per heavy atom. The number of nitrogens with one attached hydrogen (secondary N) is 1. The van der Waals surface area contributed by atoms with Crippen molar-refractivity contribution in [1.82, 2.24) is 10.2 Å². The molecule has 22 heavy (non-hydrogen) atoms. The lowest BCUT2D eigenvalue weighted by Gasteiger charge is -2.23. The van der Waals surface area contributed by atoms with Crippen LogP contribution in [0.1, 0.15) is 18.9 Å². The van der Waals surface area contributed by atoms with Crippen molar-refractivity contribution in [3.05, 3.63) is 29.8 Å². The molecule has 5 nitrogen and oxygen atoms in total. The summed E-state index contributed by atoms with van der Waals surface area (Å²) in [6.45, 7) is 4.13. The minimum Gasteiger partial charge on any atom is -0.497 e. The van der Waals surface area contributed by atoms with E-state index in [0.29, 0.717) is 6.54 Å². The molecule has 0 aliphatic rings. The van der Waals surface area contributed by atoms with Crippen LogP contribution in [0.3, 0.4) is 0 Å². The molecular weight excluding hydrogens is 280 g/mol. The Labute approximate surface area is 133 Å². The molecule has 1 amide bonds. The predicted octanol–water partition coefficient (Wildman–Crippen LogP) is 1.71. The van der Waals surface area contributed by atoms with Gasteiger partial charge in [-0.3, -0.25) is 9.69 Å². The zero-order valence-corrected chi connectivity index (χ0v) is 14.1. The fourth-order valence-electron chi connectivity index (χ4n) is 2.12. The number of rotatable bonds is 10. The molecule has 0 spiro atoms. The number of carbonyl (C=O) groups is 1. The average Bonchev–Trinajstić information content (AvgIpc) is 2.54. The first kappa shape index (κ1) is 18.5. The van der Waals surface area contributed by atoms with E-state index in [2.05, 4.69) is 5.32 Å². The van der Waals surface area contributed by atoms with Gasteiger partial charge >= 0.3 is 0 Å². The zero-order valence-electron chi connectivity index (χ0n) is 14.1. The maximum atomic E-state index is 12.1. The number of ether oxygens (including phenoxy) is 2. The molecule has 1 N–H and O–H groups in total. The lowest BCUT2D eigenvalue weighted by molar-refractivity contribution is -0.125.